The summed E-state index contributed by atoms with van der Waals surface area (Å²) in [6.07, 6.45) is 17.6. The summed E-state index contributed by atoms with van der Waals surface area (Å²) in [7, 11) is -3.67. The van der Waals surface area contributed by atoms with Crippen LogP contribution < -0.4 is 0 Å². The number of hydrogen-bond acceptors (Lipinski definition) is 3. The molecule has 0 radical (unpaired) electrons. The third-order valence-corrected chi connectivity index (χ3v) is 9.76. The molecule has 0 saturated heterocycles. The first kappa shape index (κ1) is 28.5. The highest BCUT2D eigenvalue weighted by atomic mass is 32.3. The van der Waals surface area contributed by atoms with E-state index in [2.05, 4.69) is 13.8 Å². The molecule has 0 aliphatic rings. The number of hydrogen-bond donors (Lipinski definition) is 0. The zero-order chi connectivity index (χ0) is 23.0. The van der Waals surface area contributed by atoms with Crippen molar-refractivity contribution in [1.29, 1.82) is 0 Å². The van der Waals surface area contributed by atoms with Gasteiger partial charge in [0.15, 0.2) is 11.2 Å². The van der Waals surface area contributed by atoms with Crippen molar-refractivity contribution in [2.24, 2.45) is 5.92 Å². The van der Waals surface area contributed by atoms with Crippen molar-refractivity contribution in [2.75, 3.05) is 11.5 Å². The summed E-state index contributed by atoms with van der Waals surface area (Å²) in [6.45, 7) is 8.47. The van der Waals surface area contributed by atoms with Crippen molar-refractivity contribution in [3.05, 3.63) is 29.8 Å². The molecule has 0 fully saturated rings. The summed E-state index contributed by atoms with van der Waals surface area (Å²) in [6, 6.07) is 6.91. The van der Waals surface area contributed by atoms with Crippen LogP contribution in [0.25, 0.3) is 0 Å². The van der Waals surface area contributed by atoms with Crippen LogP contribution in [0.5, 0.6) is 0 Å². The third kappa shape index (κ3) is 13.6. The Bertz CT molecular complexity index is 656. The van der Waals surface area contributed by atoms with Crippen molar-refractivity contribution in [3.8, 4) is 0 Å². The van der Waals surface area contributed by atoms with Crippen LogP contribution in [0.2, 0.25) is 0 Å². The Labute approximate surface area is 196 Å². The van der Waals surface area contributed by atoms with Gasteiger partial charge in [0.05, 0.1) is 4.90 Å². The maximum atomic E-state index is 12.6. The van der Waals surface area contributed by atoms with Crippen LogP contribution in [-0.2, 0) is 24.9 Å². The SMILES string of the molecule is CCCCCCCCCCCCCCC(C)C[S+](CC)OS(=O)(=O)c1ccc(C)cc1. The van der Waals surface area contributed by atoms with E-state index in [1.807, 2.05) is 26.0 Å². The van der Waals surface area contributed by atoms with Crippen LogP contribution in [0.4, 0.5) is 0 Å². The molecule has 0 bridgehead atoms. The van der Waals surface area contributed by atoms with Crippen LogP contribution in [-0.4, -0.2) is 19.9 Å². The second-order valence-corrected chi connectivity index (χ2v) is 12.7. The molecule has 0 heterocycles. The lowest BCUT2D eigenvalue weighted by molar-refractivity contribution is 0.492. The van der Waals surface area contributed by atoms with Crippen LogP contribution in [0, 0.1) is 12.8 Å². The van der Waals surface area contributed by atoms with Gasteiger partial charge in [0.1, 0.15) is 11.5 Å². The summed E-state index contributed by atoms with van der Waals surface area (Å²) in [5, 5.41) is 0. The molecule has 5 heteroatoms. The molecule has 0 spiro atoms. The molecule has 1 aromatic rings. The Hall–Kier alpha value is -0.520. The van der Waals surface area contributed by atoms with Crippen molar-refractivity contribution < 1.29 is 12.0 Å². The zero-order valence-electron chi connectivity index (χ0n) is 20.5. The largest absolute Gasteiger partial charge is 0.339 e. The first-order chi connectivity index (χ1) is 14.9. The van der Waals surface area contributed by atoms with Gasteiger partial charge in [-0.15, -0.1) is 0 Å². The van der Waals surface area contributed by atoms with Gasteiger partial charge in [-0.2, -0.15) is 8.42 Å². The monoisotopic (exact) mass is 471 g/mol. The fourth-order valence-corrected chi connectivity index (χ4v) is 7.24. The molecule has 0 aliphatic heterocycles. The molecule has 0 saturated carbocycles. The normalized spacial score (nSPS) is 13.9. The lowest BCUT2D eigenvalue weighted by atomic mass is 10.0. The summed E-state index contributed by atoms with van der Waals surface area (Å²) in [4.78, 5) is 0.262. The number of benzene rings is 1. The maximum absolute atomic E-state index is 12.6. The molecular weight excluding hydrogens is 424 g/mol. The maximum Gasteiger partial charge on any atom is 0.339 e. The highest BCUT2D eigenvalue weighted by Gasteiger charge is 2.31. The molecular formula is C26H47O3S2+. The second-order valence-electron chi connectivity index (χ2n) is 9.01. The summed E-state index contributed by atoms with van der Waals surface area (Å²) < 4.78 is 30.7. The van der Waals surface area contributed by atoms with Crippen molar-refractivity contribution in [1.82, 2.24) is 0 Å². The van der Waals surface area contributed by atoms with E-state index in [1.54, 1.807) is 12.1 Å². The molecule has 2 unspecified atom stereocenters. The summed E-state index contributed by atoms with van der Waals surface area (Å²) in [5.74, 6) is 2.08. The van der Waals surface area contributed by atoms with E-state index in [-0.39, 0.29) is 4.90 Å². The number of unbranched alkanes of at least 4 members (excludes halogenated alkanes) is 11. The Balaban J connectivity index is 2.14. The molecule has 1 rings (SSSR count). The highest BCUT2D eigenvalue weighted by molar-refractivity contribution is 8.02. The van der Waals surface area contributed by atoms with Gasteiger partial charge < -0.3 is 0 Å². The van der Waals surface area contributed by atoms with Crippen molar-refractivity contribution in [3.63, 3.8) is 0 Å². The minimum absolute atomic E-state index is 0.262. The van der Waals surface area contributed by atoms with E-state index in [4.69, 9.17) is 3.63 Å². The first-order valence-electron chi connectivity index (χ1n) is 12.6. The average Bonchev–Trinajstić information content (AvgIpc) is 2.74. The molecule has 1 aromatic carbocycles. The van der Waals surface area contributed by atoms with Crippen molar-refractivity contribution >= 4 is 21.3 Å². The van der Waals surface area contributed by atoms with Gasteiger partial charge in [-0.05, 0) is 36.0 Å². The van der Waals surface area contributed by atoms with Crippen LogP contribution >= 0.6 is 0 Å². The molecule has 31 heavy (non-hydrogen) atoms. The van der Waals surface area contributed by atoms with Crippen LogP contribution in [0.3, 0.4) is 0 Å². The first-order valence-corrected chi connectivity index (χ1v) is 15.5. The Kier molecular flexibility index (Phi) is 15.7. The summed E-state index contributed by atoms with van der Waals surface area (Å²) in [5.41, 5.74) is 1.05. The van der Waals surface area contributed by atoms with Gasteiger partial charge >= 0.3 is 10.1 Å². The van der Waals surface area contributed by atoms with Gasteiger partial charge in [0, 0.05) is 5.92 Å². The molecule has 0 aliphatic carbocycles. The van der Waals surface area contributed by atoms with E-state index in [0.717, 1.165) is 23.5 Å². The Morgan fingerprint density at radius 3 is 1.77 bits per heavy atom. The number of rotatable bonds is 19. The quantitative estimate of drug-likeness (QED) is 0.152. The molecule has 0 amide bonds. The predicted octanol–water partition coefficient (Wildman–Crippen LogP) is 7.98. The topological polar surface area (TPSA) is 43.4 Å². The smallest absolute Gasteiger partial charge is 0.190 e. The fraction of sp³-hybridized carbons (Fsp3) is 0.769. The second kappa shape index (κ2) is 17.0. The lowest BCUT2D eigenvalue weighted by Crippen LogP contribution is -2.23. The highest BCUT2D eigenvalue weighted by Crippen LogP contribution is 2.21. The van der Waals surface area contributed by atoms with E-state index >= 15 is 0 Å². The average molecular weight is 472 g/mol. The zero-order valence-corrected chi connectivity index (χ0v) is 22.2. The van der Waals surface area contributed by atoms with E-state index < -0.39 is 21.3 Å². The Morgan fingerprint density at radius 1 is 0.806 bits per heavy atom. The van der Waals surface area contributed by atoms with Crippen molar-refractivity contribution in [2.45, 2.75) is 116 Å². The summed E-state index contributed by atoms with van der Waals surface area (Å²) >= 11 is -0.541. The molecule has 2 atom stereocenters. The van der Waals surface area contributed by atoms with Crippen LogP contribution in [0.15, 0.2) is 29.2 Å². The minimum Gasteiger partial charge on any atom is -0.190 e. The Morgan fingerprint density at radius 2 is 1.29 bits per heavy atom. The van der Waals surface area contributed by atoms with Gasteiger partial charge in [-0.1, -0.05) is 109 Å². The van der Waals surface area contributed by atoms with E-state index in [1.165, 1.54) is 77.0 Å². The molecule has 180 valence electrons. The van der Waals surface area contributed by atoms with E-state index in [9.17, 15) is 8.42 Å². The van der Waals surface area contributed by atoms with Gasteiger partial charge in [0.25, 0.3) is 0 Å². The lowest BCUT2D eigenvalue weighted by Gasteiger charge is -2.11. The predicted molar refractivity (Wildman–Crippen MR) is 137 cm³/mol. The van der Waals surface area contributed by atoms with Gasteiger partial charge in [0.2, 0.25) is 0 Å². The third-order valence-electron chi connectivity index (χ3n) is 5.84. The molecule has 0 N–H and O–H groups in total. The fourth-order valence-electron chi connectivity index (χ4n) is 3.80. The van der Waals surface area contributed by atoms with E-state index in [0.29, 0.717) is 5.92 Å². The standard InChI is InChI=1S/C26H47O3S2/c1-5-7-8-9-10-11-12-13-14-15-16-17-18-25(4)23-30(6-2)29-31(27,28)26-21-19-24(3)20-22-26/h19-22,25H,5-18,23H2,1-4H3/q+1. The molecule has 0 aromatic heterocycles. The molecule has 3 nitrogen and oxygen atoms in total. The van der Waals surface area contributed by atoms with Gasteiger partial charge in [-0.3, -0.25) is 0 Å². The van der Waals surface area contributed by atoms with Gasteiger partial charge in [-0.25, -0.2) is 0 Å². The minimum atomic E-state index is -3.67. The number of aryl methyl sites for hydroxylation is 1. The van der Waals surface area contributed by atoms with Crippen LogP contribution in [0.1, 0.15) is 110 Å².